The lowest BCUT2D eigenvalue weighted by Gasteiger charge is -2.14. The molecule has 0 bridgehead atoms. The van der Waals surface area contributed by atoms with Crippen molar-refractivity contribution >= 4 is 34.9 Å². The molecule has 0 saturated carbocycles. The van der Waals surface area contributed by atoms with Crippen LogP contribution in [0.3, 0.4) is 0 Å². The monoisotopic (exact) mass is 334 g/mol. The van der Waals surface area contributed by atoms with E-state index < -0.39 is 0 Å². The molecule has 1 heterocycles. The van der Waals surface area contributed by atoms with Crippen LogP contribution in [0.5, 0.6) is 0 Å². The lowest BCUT2D eigenvalue weighted by atomic mass is 9.93. The molecule has 0 radical (unpaired) electrons. The number of carbonyl (C=O) groups excluding carboxylic acids is 1. The van der Waals surface area contributed by atoms with E-state index in [1.807, 2.05) is 17.5 Å². The van der Waals surface area contributed by atoms with E-state index >= 15 is 0 Å². The van der Waals surface area contributed by atoms with Gasteiger partial charge in [0.05, 0.1) is 12.2 Å². The third-order valence-corrected chi connectivity index (χ3v) is 4.13. The van der Waals surface area contributed by atoms with Crippen molar-refractivity contribution in [3.8, 4) is 0 Å². The van der Waals surface area contributed by atoms with Crippen LogP contribution in [0, 0.1) is 0 Å². The molecule has 5 heteroatoms. The molecule has 0 unspecified atom stereocenters. The van der Waals surface area contributed by atoms with Gasteiger partial charge < -0.3 is 5.32 Å². The standard InChI is InChI=1S/C17H19ClN2OS/c1-17(2,3)14-11-22-16(20-14)10-19-15(21)9-6-12-4-7-13(18)8-5-12/h4-9,11H,10H2,1-3H3,(H,19,21)/b9-6+. The van der Waals surface area contributed by atoms with E-state index in [9.17, 15) is 4.79 Å². The lowest BCUT2D eigenvalue weighted by Crippen LogP contribution is -2.20. The Morgan fingerprint density at radius 3 is 2.59 bits per heavy atom. The molecule has 0 atom stereocenters. The Hall–Kier alpha value is -1.65. The quantitative estimate of drug-likeness (QED) is 0.841. The molecule has 2 rings (SSSR count). The minimum absolute atomic E-state index is 0.0350. The molecule has 1 N–H and O–H groups in total. The maximum absolute atomic E-state index is 11.8. The summed E-state index contributed by atoms with van der Waals surface area (Å²) >= 11 is 7.39. The van der Waals surface area contributed by atoms with Crippen LogP contribution in [0.25, 0.3) is 6.08 Å². The average Bonchev–Trinajstić information content (AvgIpc) is 2.93. The number of benzene rings is 1. The number of carbonyl (C=O) groups is 1. The van der Waals surface area contributed by atoms with Crippen molar-refractivity contribution in [2.45, 2.75) is 32.7 Å². The average molecular weight is 335 g/mol. The first-order valence-electron chi connectivity index (χ1n) is 7.01. The molecule has 0 spiro atoms. The summed E-state index contributed by atoms with van der Waals surface area (Å²) in [5.41, 5.74) is 2.02. The molecule has 1 aromatic heterocycles. The first kappa shape index (κ1) is 16.7. The molecule has 22 heavy (non-hydrogen) atoms. The van der Waals surface area contributed by atoms with Crippen molar-refractivity contribution in [2.75, 3.05) is 0 Å². The summed E-state index contributed by atoms with van der Waals surface area (Å²) in [6.45, 7) is 6.82. The molecular formula is C17H19ClN2OS. The van der Waals surface area contributed by atoms with Gasteiger partial charge in [0, 0.05) is 21.9 Å². The number of nitrogens with one attached hydrogen (secondary N) is 1. The Morgan fingerprint density at radius 2 is 2.00 bits per heavy atom. The third-order valence-electron chi connectivity index (χ3n) is 3.03. The molecule has 3 nitrogen and oxygen atoms in total. The number of hydrogen-bond acceptors (Lipinski definition) is 3. The Kier molecular flexibility index (Phi) is 5.37. The first-order valence-corrected chi connectivity index (χ1v) is 8.27. The summed E-state index contributed by atoms with van der Waals surface area (Å²) in [7, 11) is 0. The fourth-order valence-corrected chi connectivity index (χ4v) is 2.79. The highest BCUT2D eigenvalue weighted by molar-refractivity contribution is 7.09. The largest absolute Gasteiger partial charge is 0.346 e. The number of amides is 1. The molecule has 116 valence electrons. The lowest BCUT2D eigenvalue weighted by molar-refractivity contribution is -0.116. The van der Waals surface area contributed by atoms with Crippen molar-refractivity contribution in [3.63, 3.8) is 0 Å². The van der Waals surface area contributed by atoms with Gasteiger partial charge in [-0.15, -0.1) is 11.3 Å². The van der Waals surface area contributed by atoms with Crippen LogP contribution in [0.2, 0.25) is 5.02 Å². The van der Waals surface area contributed by atoms with E-state index in [1.165, 1.54) is 6.08 Å². The van der Waals surface area contributed by atoms with Gasteiger partial charge in [-0.25, -0.2) is 4.98 Å². The van der Waals surface area contributed by atoms with Crippen LogP contribution in [-0.4, -0.2) is 10.9 Å². The molecule has 1 aromatic carbocycles. The second-order valence-electron chi connectivity index (χ2n) is 5.98. The van der Waals surface area contributed by atoms with E-state index in [1.54, 1.807) is 29.5 Å². The van der Waals surface area contributed by atoms with Crippen molar-refractivity contribution < 1.29 is 4.79 Å². The topological polar surface area (TPSA) is 42.0 Å². The number of hydrogen-bond donors (Lipinski definition) is 1. The van der Waals surface area contributed by atoms with E-state index in [4.69, 9.17) is 11.6 Å². The Morgan fingerprint density at radius 1 is 1.32 bits per heavy atom. The highest BCUT2D eigenvalue weighted by atomic mass is 35.5. The Balaban J connectivity index is 1.87. The van der Waals surface area contributed by atoms with Crippen molar-refractivity contribution in [1.29, 1.82) is 0 Å². The zero-order valence-corrected chi connectivity index (χ0v) is 14.5. The second-order valence-corrected chi connectivity index (χ2v) is 7.36. The molecule has 0 aliphatic rings. The number of rotatable bonds is 4. The summed E-state index contributed by atoms with van der Waals surface area (Å²) < 4.78 is 0. The summed E-state index contributed by atoms with van der Waals surface area (Å²) in [5.74, 6) is -0.137. The molecule has 0 saturated heterocycles. The summed E-state index contributed by atoms with van der Waals surface area (Å²) in [5, 5.41) is 6.48. The van der Waals surface area contributed by atoms with Gasteiger partial charge in [-0.05, 0) is 23.8 Å². The Labute approximate surface area is 140 Å². The maximum atomic E-state index is 11.8. The predicted molar refractivity (Wildman–Crippen MR) is 93.1 cm³/mol. The number of aromatic nitrogens is 1. The van der Waals surface area contributed by atoms with Gasteiger partial charge in [0.2, 0.25) is 5.91 Å². The van der Waals surface area contributed by atoms with Crippen molar-refractivity contribution in [3.05, 3.63) is 57.0 Å². The van der Waals surface area contributed by atoms with Gasteiger partial charge in [-0.1, -0.05) is 44.5 Å². The molecule has 2 aromatic rings. The fraction of sp³-hybridized carbons (Fsp3) is 0.294. The zero-order valence-electron chi connectivity index (χ0n) is 12.9. The highest BCUT2D eigenvalue weighted by Gasteiger charge is 2.17. The second kappa shape index (κ2) is 7.07. The van der Waals surface area contributed by atoms with Crippen LogP contribution in [-0.2, 0) is 16.8 Å². The maximum Gasteiger partial charge on any atom is 0.244 e. The number of thiazole rings is 1. The van der Waals surface area contributed by atoms with E-state index in [0.717, 1.165) is 16.3 Å². The van der Waals surface area contributed by atoms with Crippen LogP contribution >= 0.6 is 22.9 Å². The smallest absolute Gasteiger partial charge is 0.244 e. The molecule has 1 amide bonds. The fourth-order valence-electron chi connectivity index (χ4n) is 1.70. The van der Waals surface area contributed by atoms with Gasteiger partial charge in [-0.2, -0.15) is 0 Å². The van der Waals surface area contributed by atoms with Crippen LogP contribution in [0.1, 0.15) is 37.0 Å². The van der Waals surface area contributed by atoms with Crippen LogP contribution in [0.4, 0.5) is 0 Å². The normalized spacial score (nSPS) is 11.8. The van der Waals surface area contributed by atoms with E-state index in [0.29, 0.717) is 11.6 Å². The SMILES string of the molecule is CC(C)(C)c1csc(CNC(=O)/C=C/c2ccc(Cl)cc2)n1. The minimum atomic E-state index is -0.137. The molecule has 0 aliphatic heterocycles. The van der Waals surface area contributed by atoms with Gasteiger partial charge in [0.25, 0.3) is 0 Å². The first-order chi connectivity index (χ1) is 10.3. The van der Waals surface area contributed by atoms with Gasteiger partial charge in [0.15, 0.2) is 0 Å². The summed E-state index contributed by atoms with van der Waals surface area (Å²) in [6.07, 6.45) is 3.27. The molecule has 0 fully saturated rings. The number of nitrogens with zero attached hydrogens (tertiary/aromatic N) is 1. The highest BCUT2D eigenvalue weighted by Crippen LogP contribution is 2.23. The summed E-state index contributed by atoms with van der Waals surface area (Å²) in [6, 6.07) is 7.32. The number of halogens is 1. The van der Waals surface area contributed by atoms with E-state index in [2.05, 4.69) is 31.1 Å². The Bertz CT molecular complexity index is 669. The third kappa shape index (κ3) is 4.97. The van der Waals surface area contributed by atoms with Gasteiger partial charge >= 0.3 is 0 Å². The summed E-state index contributed by atoms with van der Waals surface area (Å²) in [4.78, 5) is 16.4. The van der Waals surface area contributed by atoms with Crippen molar-refractivity contribution in [2.24, 2.45) is 0 Å². The van der Waals surface area contributed by atoms with E-state index in [-0.39, 0.29) is 11.3 Å². The molecular weight excluding hydrogens is 316 g/mol. The van der Waals surface area contributed by atoms with Crippen LogP contribution < -0.4 is 5.32 Å². The minimum Gasteiger partial charge on any atom is -0.346 e. The van der Waals surface area contributed by atoms with Gasteiger partial charge in [-0.3, -0.25) is 4.79 Å². The van der Waals surface area contributed by atoms with Crippen LogP contribution in [0.15, 0.2) is 35.7 Å². The van der Waals surface area contributed by atoms with Crippen molar-refractivity contribution in [1.82, 2.24) is 10.3 Å². The molecule has 0 aliphatic carbocycles. The van der Waals surface area contributed by atoms with Gasteiger partial charge in [0.1, 0.15) is 5.01 Å². The zero-order chi connectivity index (χ0) is 16.2. The predicted octanol–water partition coefficient (Wildman–Crippen LogP) is 4.42.